The Morgan fingerprint density at radius 2 is 1.76 bits per heavy atom. The predicted molar refractivity (Wildman–Crippen MR) is 64.5 cm³/mol. The molecule has 2 aromatic rings. The molecular formula is C12H10N2O3. The van der Waals surface area contributed by atoms with E-state index in [9.17, 15) is 15.2 Å². The summed E-state index contributed by atoms with van der Waals surface area (Å²) in [5.74, 6) is -0.339. The number of anilines is 2. The smallest absolute Gasteiger partial charge is 0.312 e. The fourth-order valence-electron chi connectivity index (χ4n) is 1.44. The van der Waals surface area contributed by atoms with E-state index < -0.39 is 4.92 Å². The average Bonchev–Trinajstić information content (AvgIpc) is 2.32. The Bertz CT molecular complexity index is 541. The molecule has 0 saturated heterocycles. The van der Waals surface area contributed by atoms with Gasteiger partial charge in [-0.15, -0.1) is 0 Å². The number of rotatable bonds is 3. The van der Waals surface area contributed by atoms with Gasteiger partial charge < -0.3 is 10.4 Å². The van der Waals surface area contributed by atoms with Crippen LogP contribution in [0.5, 0.6) is 5.75 Å². The summed E-state index contributed by atoms with van der Waals surface area (Å²) in [6, 6.07) is 13.5. The maximum atomic E-state index is 10.6. The Morgan fingerprint density at radius 3 is 2.41 bits per heavy atom. The van der Waals surface area contributed by atoms with Gasteiger partial charge in [0.25, 0.3) is 0 Å². The molecule has 17 heavy (non-hydrogen) atoms. The molecule has 0 unspecified atom stereocenters. The van der Waals surface area contributed by atoms with Crippen LogP contribution in [0.4, 0.5) is 17.1 Å². The topological polar surface area (TPSA) is 75.4 Å². The number of phenols is 1. The second kappa shape index (κ2) is 4.52. The van der Waals surface area contributed by atoms with Gasteiger partial charge in [0.15, 0.2) is 5.75 Å². The van der Waals surface area contributed by atoms with Crippen LogP contribution in [0.2, 0.25) is 0 Å². The predicted octanol–water partition coefficient (Wildman–Crippen LogP) is 3.04. The number of nitro benzene ring substituents is 1. The molecule has 0 spiro atoms. The van der Waals surface area contributed by atoms with E-state index in [1.165, 1.54) is 12.1 Å². The van der Waals surface area contributed by atoms with Gasteiger partial charge in [-0.05, 0) is 24.3 Å². The summed E-state index contributed by atoms with van der Waals surface area (Å²) in [7, 11) is 0. The van der Waals surface area contributed by atoms with Crippen molar-refractivity contribution in [2.45, 2.75) is 0 Å². The number of nitro groups is 1. The lowest BCUT2D eigenvalue weighted by atomic mass is 10.2. The summed E-state index contributed by atoms with van der Waals surface area (Å²) in [5.41, 5.74) is 1.07. The third-order valence-electron chi connectivity index (χ3n) is 2.23. The van der Waals surface area contributed by atoms with Crippen molar-refractivity contribution in [2.24, 2.45) is 0 Å². The highest BCUT2D eigenvalue weighted by Crippen LogP contribution is 2.29. The maximum absolute atomic E-state index is 10.6. The first kappa shape index (κ1) is 10.9. The second-order valence-corrected chi connectivity index (χ2v) is 3.45. The molecule has 0 radical (unpaired) electrons. The van der Waals surface area contributed by atoms with Gasteiger partial charge >= 0.3 is 5.69 Å². The van der Waals surface area contributed by atoms with Crippen LogP contribution in [0.15, 0.2) is 48.5 Å². The van der Waals surface area contributed by atoms with E-state index >= 15 is 0 Å². The van der Waals surface area contributed by atoms with Gasteiger partial charge in [-0.1, -0.05) is 18.2 Å². The van der Waals surface area contributed by atoms with E-state index in [0.717, 1.165) is 5.69 Å². The van der Waals surface area contributed by atoms with E-state index in [-0.39, 0.29) is 11.4 Å². The summed E-state index contributed by atoms with van der Waals surface area (Å²) >= 11 is 0. The molecule has 0 bridgehead atoms. The lowest BCUT2D eigenvalue weighted by Crippen LogP contribution is -1.93. The average molecular weight is 230 g/mol. The number of benzene rings is 2. The minimum atomic E-state index is -0.620. The molecule has 0 aromatic heterocycles. The van der Waals surface area contributed by atoms with Crippen LogP contribution in [0.3, 0.4) is 0 Å². The number of phenolic OH excluding ortho intramolecular Hbond substituents is 1. The Hall–Kier alpha value is -2.56. The maximum Gasteiger partial charge on any atom is 0.312 e. The van der Waals surface area contributed by atoms with E-state index in [0.29, 0.717) is 5.69 Å². The molecular weight excluding hydrogens is 220 g/mol. The fourth-order valence-corrected chi connectivity index (χ4v) is 1.44. The zero-order chi connectivity index (χ0) is 12.3. The first-order valence-electron chi connectivity index (χ1n) is 4.96. The normalized spacial score (nSPS) is 9.88. The standard InChI is InChI=1S/C12H10N2O3/c15-12-7-6-10(8-11(12)14(16)17)13-9-4-2-1-3-5-9/h1-8,13,15H. The Morgan fingerprint density at radius 1 is 1.06 bits per heavy atom. The Balaban J connectivity index is 2.29. The Kier molecular flexibility index (Phi) is 2.91. The quantitative estimate of drug-likeness (QED) is 0.482. The van der Waals surface area contributed by atoms with Gasteiger partial charge in [0.1, 0.15) is 0 Å². The molecule has 0 heterocycles. The fraction of sp³-hybridized carbons (Fsp3) is 0. The highest BCUT2D eigenvalue weighted by atomic mass is 16.6. The molecule has 2 aromatic carbocycles. The highest BCUT2D eigenvalue weighted by Gasteiger charge is 2.13. The number of hydrogen-bond acceptors (Lipinski definition) is 4. The molecule has 0 amide bonds. The van der Waals surface area contributed by atoms with Crippen molar-refractivity contribution in [2.75, 3.05) is 5.32 Å². The summed E-state index contributed by atoms with van der Waals surface area (Å²) in [6.07, 6.45) is 0. The summed E-state index contributed by atoms with van der Waals surface area (Å²) < 4.78 is 0. The second-order valence-electron chi connectivity index (χ2n) is 3.45. The van der Waals surface area contributed by atoms with Crippen LogP contribution in [0, 0.1) is 10.1 Å². The molecule has 86 valence electrons. The van der Waals surface area contributed by atoms with E-state index in [4.69, 9.17) is 0 Å². The van der Waals surface area contributed by atoms with Crippen molar-refractivity contribution in [3.63, 3.8) is 0 Å². The lowest BCUT2D eigenvalue weighted by molar-refractivity contribution is -0.385. The summed E-state index contributed by atoms with van der Waals surface area (Å²) in [4.78, 5) is 10.0. The van der Waals surface area contributed by atoms with Crippen molar-refractivity contribution >= 4 is 17.1 Å². The molecule has 0 atom stereocenters. The Labute approximate surface area is 97.5 Å². The van der Waals surface area contributed by atoms with E-state index in [1.54, 1.807) is 6.07 Å². The summed E-state index contributed by atoms with van der Waals surface area (Å²) in [6.45, 7) is 0. The number of nitrogens with zero attached hydrogens (tertiary/aromatic N) is 1. The van der Waals surface area contributed by atoms with Crippen LogP contribution >= 0.6 is 0 Å². The van der Waals surface area contributed by atoms with Gasteiger partial charge in [0.05, 0.1) is 4.92 Å². The van der Waals surface area contributed by atoms with Crippen LogP contribution in [-0.2, 0) is 0 Å². The van der Waals surface area contributed by atoms with Crippen LogP contribution in [0.25, 0.3) is 0 Å². The molecule has 0 aliphatic carbocycles. The highest BCUT2D eigenvalue weighted by molar-refractivity contribution is 5.64. The van der Waals surface area contributed by atoms with Gasteiger partial charge in [-0.3, -0.25) is 10.1 Å². The van der Waals surface area contributed by atoms with Gasteiger partial charge in [0.2, 0.25) is 0 Å². The molecule has 0 fully saturated rings. The van der Waals surface area contributed by atoms with Crippen molar-refractivity contribution in [1.82, 2.24) is 0 Å². The lowest BCUT2D eigenvalue weighted by Gasteiger charge is -2.06. The van der Waals surface area contributed by atoms with Crippen molar-refractivity contribution < 1.29 is 10.0 Å². The molecule has 0 saturated carbocycles. The molecule has 5 nitrogen and oxygen atoms in total. The number of para-hydroxylation sites is 1. The third kappa shape index (κ3) is 2.52. The van der Waals surface area contributed by atoms with Crippen LogP contribution in [-0.4, -0.2) is 10.0 Å². The van der Waals surface area contributed by atoms with Gasteiger partial charge in [-0.2, -0.15) is 0 Å². The first-order valence-corrected chi connectivity index (χ1v) is 4.96. The minimum absolute atomic E-state index is 0.314. The van der Waals surface area contributed by atoms with Crippen molar-refractivity contribution in [3.8, 4) is 5.75 Å². The molecule has 2 N–H and O–H groups in total. The summed E-state index contributed by atoms with van der Waals surface area (Å²) in [5, 5.41) is 23.0. The third-order valence-corrected chi connectivity index (χ3v) is 2.23. The number of nitrogens with one attached hydrogen (secondary N) is 1. The zero-order valence-corrected chi connectivity index (χ0v) is 8.83. The van der Waals surface area contributed by atoms with Gasteiger partial charge in [0, 0.05) is 17.4 Å². The minimum Gasteiger partial charge on any atom is -0.502 e. The van der Waals surface area contributed by atoms with Crippen LogP contribution < -0.4 is 5.32 Å². The zero-order valence-electron chi connectivity index (χ0n) is 8.83. The first-order chi connectivity index (χ1) is 8.16. The van der Waals surface area contributed by atoms with Crippen molar-refractivity contribution in [3.05, 3.63) is 58.6 Å². The van der Waals surface area contributed by atoms with Crippen LogP contribution in [0.1, 0.15) is 0 Å². The largest absolute Gasteiger partial charge is 0.502 e. The number of aromatic hydroxyl groups is 1. The molecule has 0 aliphatic rings. The molecule has 0 aliphatic heterocycles. The monoisotopic (exact) mass is 230 g/mol. The molecule has 2 rings (SSSR count). The van der Waals surface area contributed by atoms with Crippen molar-refractivity contribution in [1.29, 1.82) is 0 Å². The van der Waals surface area contributed by atoms with E-state index in [2.05, 4.69) is 5.32 Å². The van der Waals surface area contributed by atoms with Gasteiger partial charge in [-0.25, -0.2) is 0 Å². The van der Waals surface area contributed by atoms with E-state index in [1.807, 2.05) is 30.3 Å². The SMILES string of the molecule is O=[N+]([O-])c1cc(Nc2ccccc2)ccc1O. The molecule has 5 heteroatoms. The number of hydrogen-bond donors (Lipinski definition) is 2.